The van der Waals surface area contributed by atoms with E-state index in [-0.39, 0.29) is 18.2 Å². The van der Waals surface area contributed by atoms with Gasteiger partial charge in [0.1, 0.15) is 16.9 Å². The zero-order valence-corrected chi connectivity index (χ0v) is 20.2. The Kier molecular flexibility index (Phi) is 5.68. The lowest BCUT2D eigenvalue weighted by Crippen LogP contribution is -2.52. The van der Waals surface area contributed by atoms with Crippen molar-refractivity contribution in [1.29, 1.82) is 0 Å². The first-order valence-electron chi connectivity index (χ1n) is 12.0. The smallest absolute Gasteiger partial charge is 0.410 e. The average Bonchev–Trinajstić information content (AvgIpc) is 3.12. The molecule has 34 heavy (non-hydrogen) atoms. The highest BCUT2D eigenvalue weighted by molar-refractivity contribution is 6.03. The van der Waals surface area contributed by atoms with Crippen molar-refractivity contribution >= 4 is 33.7 Å². The predicted molar refractivity (Wildman–Crippen MR) is 130 cm³/mol. The van der Waals surface area contributed by atoms with E-state index in [9.17, 15) is 4.79 Å². The van der Waals surface area contributed by atoms with Crippen molar-refractivity contribution in [3.05, 3.63) is 41.6 Å². The van der Waals surface area contributed by atoms with E-state index in [1.165, 1.54) is 0 Å². The van der Waals surface area contributed by atoms with Crippen LogP contribution < -0.4 is 0 Å². The number of pyridine rings is 1. The summed E-state index contributed by atoms with van der Waals surface area (Å²) in [4.78, 5) is 27.4. The van der Waals surface area contributed by atoms with Gasteiger partial charge < -0.3 is 18.9 Å². The van der Waals surface area contributed by atoms with E-state index in [4.69, 9.17) is 21.0 Å². The zero-order chi connectivity index (χ0) is 24.0. The van der Waals surface area contributed by atoms with Crippen molar-refractivity contribution in [2.75, 3.05) is 19.7 Å². The molecule has 3 aromatic rings. The first kappa shape index (κ1) is 22.6. The fraction of sp³-hybridized carbons (Fsp3) is 0.538. The number of benzene rings is 1. The lowest BCUT2D eigenvalue weighted by molar-refractivity contribution is -0.00270. The number of hydrogen-bond acceptors (Lipinski definition) is 5. The quantitative estimate of drug-likeness (QED) is 0.496. The van der Waals surface area contributed by atoms with Crippen LogP contribution in [-0.2, 0) is 15.9 Å². The monoisotopic (exact) mass is 461 g/mol. The Morgan fingerprint density at radius 3 is 2.79 bits per heavy atom. The number of aromatic nitrogens is 3. The van der Waals surface area contributed by atoms with Crippen molar-refractivity contribution in [2.45, 2.75) is 64.7 Å². The number of imidazole rings is 1. The summed E-state index contributed by atoms with van der Waals surface area (Å²) in [6.45, 7) is 17.3. The van der Waals surface area contributed by atoms with Gasteiger partial charge in [0.05, 0.1) is 29.9 Å². The molecule has 2 fully saturated rings. The Labute approximate surface area is 199 Å². The van der Waals surface area contributed by atoms with Gasteiger partial charge in [-0.05, 0) is 52.7 Å². The Hall–Kier alpha value is -3.18. The molecule has 8 heteroatoms. The number of carbonyl (C=O) groups is 1. The lowest BCUT2D eigenvalue weighted by atomic mass is 9.95. The van der Waals surface area contributed by atoms with Gasteiger partial charge in [0.2, 0.25) is 0 Å². The average molecular weight is 462 g/mol. The van der Waals surface area contributed by atoms with Gasteiger partial charge in [-0.2, -0.15) is 0 Å². The van der Waals surface area contributed by atoms with Crippen LogP contribution in [0.15, 0.2) is 24.4 Å². The molecule has 0 spiro atoms. The zero-order valence-electron chi connectivity index (χ0n) is 20.2. The molecule has 0 unspecified atom stereocenters. The number of hydrogen-bond donors (Lipinski definition) is 0. The number of fused-ring (bicyclic) bond motifs is 3. The van der Waals surface area contributed by atoms with Gasteiger partial charge in [0.15, 0.2) is 5.69 Å². The maximum Gasteiger partial charge on any atom is 0.410 e. The van der Waals surface area contributed by atoms with Crippen LogP contribution in [0.2, 0.25) is 0 Å². The first-order valence-corrected chi connectivity index (χ1v) is 12.0. The summed E-state index contributed by atoms with van der Waals surface area (Å²) >= 11 is 0. The maximum atomic E-state index is 12.4. The number of likely N-dealkylation sites (tertiary alicyclic amines) is 1. The number of ether oxygens (including phenoxy) is 2. The van der Waals surface area contributed by atoms with E-state index in [1.807, 2.05) is 45.2 Å². The Morgan fingerprint density at radius 2 is 2.09 bits per heavy atom. The summed E-state index contributed by atoms with van der Waals surface area (Å²) in [7, 11) is 0. The minimum absolute atomic E-state index is 0.183. The summed E-state index contributed by atoms with van der Waals surface area (Å²) in [5.74, 6) is 1.35. The largest absolute Gasteiger partial charge is 0.444 e. The Morgan fingerprint density at radius 1 is 1.29 bits per heavy atom. The molecule has 0 aliphatic carbocycles. The van der Waals surface area contributed by atoms with E-state index in [2.05, 4.69) is 21.3 Å². The van der Waals surface area contributed by atoms with Crippen molar-refractivity contribution in [2.24, 2.45) is 5.92 Å². The third-order valence-corrected chi connectivity index (χ3v) is 6.60. The minimum atomic E-state index is -0.492. The molecule has 2 aliphatic heterocycles. The summed E-state index contributed by atoms with van der Waals surface area (Å²) in [6.07, 6.45) is 4.39. The molecular weight excluding hydrogens is 430 g/mol. The molecule has 0 bridgehead atoms. The third-order valence-electron chi connectivity index (χ3n) is 6.60. The normalized spacial score (nSPS) is 21.4. The van der Waals surface area contributed by atoms with Crippen LogP contribution in [0.25, 0.3) is 26.8 Å². The van der Waals surface area contributed by atoms with Crippen LogP contribution >= 0.6 is 0 Å². The number of amides is 1. The fourth-order valence-electron chi connectivity index (χ4n) is 5.06. The van der Waals surface area contributed by atoms with Gasteiger partial charge in [-0.15, -0.1) is 0 Å². The van der Waals surface area contributed by atoms with E-state index in [0.29, 0.717) is 24.7 Å². The summed E-state index contributed by atoms with van der Waals surface area (Å²) in [5, 5.41) is 0.966. The molecule has 1 aromatic carbocycles. The summed E-state index contributed by atoms with van der Waals surface area (Å²) < 4.78 is 13.7. The van der Waals surface area contributed by atoms with Gasteiger partial charge >= 0.3 is 6.09 Å². The van der Waals surface area contributed by atoms with Crippen LogP contribution in [0, 0.1) is 12.5 Å². The highest BCUT2D eigenvalue weighted by Crippen LogP contribution is 2.36. The molecule has 2 saturated heterocycles. The first-order chi connectivity index (χ1) is 16.2. The maximum absolute atomic E-state index is 12.4. The number of carbonyl (C=O) groups excluding carboxylic acids is 1. The highest BCUT2D eigenvalue weighted by atomic mass is 16.6. The highest BCUT2D eigenvalue weighted by Gasteiger charge is 2.35. The minimum Gasteiger partial charge on any atom is -0.444 e. The molecule has 2 atom stereocenters. The van der Waals surface area contributed by atoms with Crippen LogP contribution in [0.1, 0.15) is 52.4 Å². The third kappa shape index (κ3) is 4.32. The lowest BCUT2D eigenvalue weighted by Gasteiger charge is -2.40. The van der Waals surface area contributed by atoms with Gasteiger partial charge in [-0.25, -0.2) is 14.6 Å². The van der Waals surface area contributed by atoms with E-state index < -0.39 is 5.60 Å². The molecular formula is C26H31N5O3. The standard InChI is InChI=1S/C26H31N5O3/c1-16-10-19(8-9-33-16)31-23(11-17-14-30(15-17)25(32)34-26(2,3)4)29-22-13-28-21-7-6-18(27-5)12-20(21)24(22)31/h6-7,12-13,16-17,19H,8-11,14-15H2,1-4H3/t16-,19-/m1/s1. The molecule has 1 amide bonds. The summed E-state index contributed by atoms with van der Waals surface area (Å²) in [5.41, 5.74) is 2.88. The molecule has 0 N–H and O–H groups in total. The van der Waals surface area contributed by atoms with Gasteiger partial charge in [-0.3, -0.25) is 4.98 Å². The van der Waals surface area contributed by atoms with Gasteiger partial charge in [0, 0.05) is 43.5 Å². The second kappa shape index (κ2) is 8.55. The molecule has 5 rings (SSSR count). The van der Waals surface area contributed by atoms with Crippen molar-refractivity contribution in [3.8, 4) is 0 Å². The van der Waals surface area contributed by atoms with Gasteiger partial charge in [-0.1, -0.05) is 6.07 Å². The fourth-order valence-corrected chi connectivity index (χ4v) is 5.06. The SMILES string of the molecule is [C-]#[N+]c1ccc2ncc3nc(CC4CN(C(=O)OC(C)(C)C)C4)n([C@@H]4CCO[C@H](C)C4)c3c2c1. The van der Waals surface area contributed by atoms with Crippen LogP contribution in [0.3, 0.4) is 0 Å². The second-order valence-corrected chi connectivity index (χ2v) is 10.5. The van der Waals surface area contributed by atoms with Crippen LogP contribution in [-0.4, -0.2) is 56.9 Å². The second-order valence-electron chi connectivity index (χ2n) is 10.5. The Bertz CT molecular complexity index is 1280. The van der Waals surface area contributed by atoms with E-state index >= 15 is 0 Å². The molecule has 0 radical (unpaired) electrons. The van der Waals surface area contributed by atoms with Gasteiger partial charge in [0.25, 0.3) is 0 Å². The number of rotatable bonds is 3. The topological polar surface area (TPSA) is 73.8 Å². The predicted octanol–water partition coefficient (Wildman–Crippen LogP) is 5.28. The Balaban J connectivity index is 1.49. The van der Waals surface area contributed by atoms with Crippen LogP contribution in [0.4, 0.5) is 10.5 Å². The van der Waals surface area contributed by atoms with E-state index in [1.54, 1.807) is 4.90 Å². The molecule has 178 valence electrons. The van der Waals surface area contributed by atoms with E-state index in [0.717, 1.165) is 53.6 Å². The molecule has 2 aliphatic rings. The molecule has 2 aromatic heterocycles. The van der Waals surface area contributed by atoms with Crippen LogP contribution in [0.5, 0.6) is 0 Å². The molecule has 0 saturated carbocycles. The molecule has 8 nitrogen and oxygen atoms in total. The summed E-state index contributed by atoms with van der Waals surface area (Å²) in [6, 6.07) is 5.92. The van der Waals surface area contributed by atoms with Crippen molar-refractivity contribution in [3.63, 3.8) is 0 Å². The van der Waals surface area contributed by atoms with Crippen molar-refractivity contribution in [1.82, 2.24) is 19.4 Å². The van der Waals surface area contributed by atoms with Crippen molar-refractivity contribution < 1.29 is 14.3 Å². The molecule has 4 heterocycles. The number of nitrogens with zero attached hydrogens (tertiary/aromatic N) is 5.